The van der Waals surface area contributed by atoms with Gasteiger partial charge in [0.05, 0.1) is 17.9 Å². The fourth-order valence-corrected chi connectivity index (χ4v) is 4.87. The zero-order chi connectivity index (χ0) is 21.5. The Bertz CT molecular complexity index is 872. The first-order valence-corrected chi connectivity index (χ1v) is 11.5. The van der Waals surface area contributed by atoms with Crippen LogP contribution >= 0.6 is 0 Å². The summed E-state index contributed by atoms with van der Waals surface area (Å²) in [4.78, 5) is 14.9. The van der Waals surface area contributed by atoms with E-state index in [0.29, 0.717) is 30.5 Å². The third kappa shape index (κ3) is 5.89. The number of amides is 1. The molecule has 1 aliphatic carbocycles. The Balaban J connectivity index is 1.30. The van der Waals surface area contributed by atoms with Crippen molar-refractivity contribution < 1.29 is 9.21 Å². The number of aryl methyl sites for hydroxylation is 1. The predicted molar refractivity (Wildman–Crippen MR) is 121 cm³/mol. The van der Waals surface area contributed by atoms with Crippen LogP contribution in [0.2, 0.25) is 0 Å². The van der Waals surface area contributed by atoms with Crippen molar-refractivity contribution in [1.29, 1.82) is 5.26 Å². The Morgan fingerprint density at radius 2 is 1.90 bits per heavy atom. The molecule has 1 aromatic heterocycles. The lowest BCUT2D eigenvalue weighted by Gasteiger charge is -2.40. The smallest absolute Gasteiger partial charge is 0.220 e. The summed E-state index contributed by atoms with van der Waals surface area (Å²) in [6.45, 7) is 2.00. The first-order chi connectivity index (χ1) is 15.2. The van der Waals surface area contributed by atoms with E-state index in [1.165, 1.54) is 18.5 Å². The molecule has 0 spiro atoms. The molecular formula is C25H32N4O2. The number of furan rings is 1. The number of piperidine rings is 1. The summed E-state index contributed by atoms with van der Waals surface area (Å²) in [5.74, 6) is 0.969. The van der Waals surface area contributed by atoms with Crippen LogP contribution in [0.25, 0.3) is 0 Å². The van der Waals surface area contributed by atoms with Crippen LogP contribution in [0, 0.1) is 11.3 Å². The number of carbonyl (C=O) groups excluding carboxylic acids is 1. The molecule has 4 rings (SSSR count). The van der Waals surface area contributed by atoms with Gasteiger partial charge >= 0.3 is 0 Å². The molecule has 3 unspecified atom stereocenters. The summed E-state index contributed by atoms with van der Waals surface area (Å²) in [6.07, 6.45) is 9.59. The minimum Gasteiger partial charge on any atom is -0.469 e. The van der Waals surface area contributed by atoms with Crippen molar-refractivity contribution in [3.63, 3.8) is 0 Å². The molecule has 6 nitrogen and oxygen atoms in total. The highest BCUT2D eigenvalue weighted by molar-refractivity contribution is 5.76. The van der Waals surface area contributed by atoms with Crippen LogP contribution < -0.4 is 15.5 Å². The molecule has 3 atom stereocenters. The zero-order valence-corrected chi connectivity index (χ0v) is 18.1. The molecule has 2 N–H and O–H groups in total. The van der Waals surface area contributed by atoms with Crippen LogP contribution in [0.1, 0.15) is 56.3 Å². The number of carbonyl (C=O) groups is 1. The van der Waals surface area contributed by atoms with Gasteiger partial charge in [0.2, 0.25) is 5.91 Å². The quantitative estimate of drug-likeness (QED) is 0.713. The molecule has 0 radical (unpaired) electrons. The summed E-state index contributed by atoms with van der Waals surface area (Å²) >= 11 is 0. The van der Waals surface area contributed by atoms with E-state index in [2.05, 4.69) is 21.6 Å². The van der Waals surface area contributed by atoms with Crippen molar-refractivity contribution in [2.75, 3.05) is 18.0 Å². The molecule has 1 aromatic carbocycles. The number of nitriles is 1. The van der Waals surface area contributed by atoms with Gasteiger partial charge in [0, 0.05) is 49.7 Å². The molecule has 1 saturated carbocycles. The maximum atomic E-state index is 12.5. The van der Waals surface area contributed by atoms with Crippen molar-refractivity contribution in [1.82, 2.24) is 10.6 Å². The van der Waals surface area contributed by atoms with E-state index in [4.69, 9.17) is 9.68 Å². The number of nitrogens with zero attached hydrogens (tertiary/aromatic N) is 2. The van der Waals surface area contributed by atoms with E-state index in [9.17, 15) is 4.79 Å². The highest BCUT2D eigenvalue weighted by Crippen LogP contribution is 2.24. The SMILES string of the molecule is N#Cc1ccc(N2CCCC(NC3CCCCC3NC(=O)CCc3ccco3)C2)cc1. The van der Waals surface area contributed by atoms with Crippen molar-refractivity contribution >= 4 is 11.6 Å². The zero-order valence-electron chi connectivity index (χ0n) is 18.1. The van der Waals surface area contributed by atoms with Crippen LogP contribution in [0.4, 0.5) is 5.69 Å². The van der Waals surface area contributed by atoms with E-state index >= 15 is 0 Å². The van der Waals surface area contributed by atoms with E-state index in [-0.39, 0.29) is 11.9 Å². The first-order valence-electron chi connectivity index (χ1n) is 11.5. The van der Waals surface area contributed by atoms with Crippen LogP contribution in [-0.4, -0.2) is 37.1 Å². The fourth-order valence-electron chi connectivity index (χ4n) is 4.87. The fraction of sp³-hybridized carbons (Fsp3) is 0.520. The lowest BCUT2D eigenvalue weighted by molar-refractivity contribution is -0.122. The Kier molecular flexibility index (Phi) is 7.26. The van der Waals surface area contributed by atoms with Gasteiger partial charge in [0.15, 0.2) is 0 Å². The Morgan fingerprint density at radius 3 is 2.65 bits per heavy atom. The molecule has 2 aliphatic rings. The van der Waals surface area contributed by atoms with Gasteiger partial charge in [-0.2, -0.15) is 5.26 Å². The lowest BCUT2D eigenvalue weighted by Crippen LogP contribution is -2.57. The van der Waals surface area contributed by atoms with Crippen LogP contribution in [0.5, 0.6) is 0 Å². The average Bonchev–Trinajstić information content (AvgIpc) is 3.33. The third-order valence-corrected chi connectivity index (χ3v) is 6.52. The molecule has 2 heterocycles. The highest BCUT2D eigenvalue weighted by Gasteiger charge is 2.30. The number of hydrogen-bond acceptors (Lipinski definition) is 5. The minimum atomic E-state index is 0.109. The average molecular weight is 421 g/mol. The highest BCUT2D eigenvalue weighted by atomic mass is 16.3. The van der Waals surface area contributed by atoms with Gasteiger partial charge in [-0.3, -0.25) is 4.79 Å². The third-order valence-electron chi connectivity index (χ3n) is 6.52. The van der Waals surface area contributed by atoms with Gasteiger partial charge < -0.3 is 20.0 Å². The number of rotatable bonds is 7. The second-order valence-corrected chi connectivity index (χ2v) is 8.75. The number of anilines is 1. The van der Waals surface area contributed by atoms with E-state index < -0.39 is 0 Å². The molecule has 31 heavy (non-hydrogen) atoms. The van der Waals surface area contributed by atoms with Crippen LogP contribution in [0.15, 0.2) is 47.1 Å². The van der Waals surface area contributed by atoms with Crippen molar-refractivity contribution in [3.05, 3.63) is 54.0 Å². The monoisotopic (exact) mass is 420 g/mol. The number of hydrogen-bond donors (Lipinski definition) is 2. The standard InChI is InChI=1S/C25H32N4O2/c26-17-19-9-11-21(12-10-19)29-15-3-5-20(18-29)27-23-7-1-2-8-24(23)28-25(30)14-13-22-6-4-16-31-22/h4,6,9-12,16,20,23-24,27H,1-3,5,7-8,13-15,18H2,(H,28,30). The van der Waals surface area contributed by atoms with E-state index in [1.807, 2.05) is 36.4 Å². The van der Waals surface area contributed by atoms with Gasteiger partial charge in [-0.25, -0.2) is 0 Å². The summed E-state index contributed by atoms with van der Waals surface area (Å²) in [6, 6.07) is 14.8. The van der Waals surface area contributed by atoms with E-state index in [1.54, 1.807) is 6.26 Å². The molecule has 2 aromatic rings. The molecule has 0 bridgehead atoms. The molecule has 1 amide bonds. The summed E-state index contributed by atoms with van der Waals surface area (Å²) in [5.41, 5.74) is 1.88. The topological polar surface area (TPSA) is 81.3 Å². The largest absolute Gasteiger partial charge is 0.469 e. The minimum absolute atomic E-state index is 0.109. The van der Waals surface area contributed by atoms with Crippen LogP contribution in [0.3, 0.4) is 0 Å². The molecule has 1 saturated heterocycles. The molecule has 164 valence electrons. The van der Waals surface area contributed by atoms with Gasteiger partial charge in [-0.1, -0.05) is 12.8 Å². The van der Waals surface area contributed by atoms with Gasteiger partial charge in [-0.15, -0.1) is 0 Å². The molecular weight excluding hydrogens is 388 g/mol. The molecule has 2 fully saturated rings. The first kappa shape index (κ1) is 21.5. The van der Waals surface area contributed by atoms with Crippen LogP contribution in [-0.2, 0) is 11.2 Å². The van der Waals surface area contributed by atoms with E-state index in [0.717, 1.165) is 44.5 Å². The van der Waals surface area contributed by atoms with Crippen molar-refractivity contribution in [2.24, 2.45) is 0 Å². The summed E-state index contributed by atoms with van der Waals surface area (Å²) in [7, 11) is 0. The summed E-state index contributed by atoms with van der Waals surface area (Å²) < 4.78 is 5.34. The Morgan fingerprint density at radius 1 is 1.10 bits per heavy atom. The maximum Gasteiger partial charge on any atom is 0.220 e. The summed E-state index contributed by atoms with van der Waals surface area (Å²) in [5, 5.41) is 16.2. The van der Waals surface area contributed by atoms with Gasteiger partial charge in [-0.05, 0) is 62.1 Å². The lowest BCUT2D eigenvalue weighted by atomic mass is 9.88. The second kappa shape index (κ2) is 10.5. The normalized spacial score (nSPS) is 23.8. The number of nitrogens with one attached hydrogen (secondary N) is 2. The maximum absolute atomic E-state index is 12.5. The molecule has 6 heteroatoms. The number of benzene rings is 1. The second-order valence-electron chi connectivity index (χ2n) is 8.75. The van der Waals surface area contributed by atoms with Crippen molar-refractivity contribution in [3.8, 4) is 6.07 Å². The van der Waals surface area contributed by atoms with Crippen molar-refractivity contribution in [2.45, 2.75) is 69.5 Å². The molecule has 1 aliphatic heterocycles. The Labute approximate surface area is 184 Å². The van der Waals surface area contributed by atoms with Gasteiger partial charge in [0.1, 0.15) is 5.76 Å². The Hall–Kier alpha value is -2.78. The van der Waals surface area contributed by atoms with Gasteiger partial charge in [0.25, 0.3) is 0 Å². The predicted octanol–water partition coefficient (Wildman–Crippen LogP) is 3.77.